The van der Waals surface area contributed by atoms with Crippen LogP contribution in [0.4, 0.5) is 0 Å². The Hall–Kier alpha value is -3.00. The lowest BCUT2D eigenvalue weighted by atomic mass is 9.97. The van der Waals surface area contributed by atoms with Crippen molar-refractivity contribution in [2.75, 3.05) is 6.26 Å². The van der Waals surface area contributed by atoms with Gasteiger partial charge in [0.25, 0.3) is 5.56 Å². The van der Waals surface area contributed by atoms with E-state index in [1.807, 2.05) is 44.2 Å². The summed E-state index contributed by atoms with van der Waals surface area (Å²) < 4.78 is 13.8. The van der Waals surface area contributed by atoms with Crippen molar-refractivity contribution >= 4 is 21.6 Å². The Balaban J connectivity index is 1.84. The minimum atomic E-state index is -0.975. The third-order valence-electron chi connectivity index (χ3n) is 5.68. The van der Waals surface area contributed by atoms with Crippen molar-refractivity contribution in [3.63, 3.8) is 0 Å². The van der Waals surface area contributed by atoms with Crippen molar-refractivity contribution in [1.29, 1.82) is 0 Å². The fraction of sp³-hybridized carbons (Fsp3) is 0.348. The fourth-order valence-electron chi connectivity index (χ4n) is 4.07. The van der Waals surface area contributed by atoms with Crippen molar-refractivity contribution in [2.24, 2.45) is 7.05 Å². The summed E-state index contributed by atoms with van der Waals surface area (Å²) in [5, 5.41) is 13.7. The Morgan fingerprint density at radius 1 is 1.23 bits per heavy atom. The normalized spacial score (nSPS) is 18.1. The maximum atomic E-state index is 13.2. The van der Waals surface area contributed by atoms with E-state index < -0.39 is 10.8 Å². The first-order valence-electron chi connectivity index (χ1n) is 10.3. The van der Waals surface area contributed by atoms with Crippen LogP contribution in [-0.2, 0) is 17.8 Å². The molecule has 2 aromatic heterocycles. The maximum absolute atomic E-state index is 13.2. The molecule has 162 valence electrons. The third-order valence-corrected chi connectivity index (χ3v) is 6.93. The number of aromatic nitrogens is 4. The molecule has 2 heterocycles. The molecule has 0 saturated carbocycles. The molecule has 3 aromatic rings. The Kier molecular flexibility index (Phi) is 5.66. The van der Waals surface area contributed by atoms with Crippen LogP contribution in [0.5, 0.6) is 0 Å². The summed E-state index contributed by atoms with van der Waals surface area (Å²) >= 11 is 0. The smallest absolute Gasteiger partial charge is 0.259 e. The van der Waals surface area contributed by atoms with Crippen molar-refractivity contribution in [2.45, 2.75) is 38.5 Å². The van der Waals surface area contributed by atoms with Gasteiger partial charge in [-0.3, -0.25) is 13.6 Å². The molecule has 0 bridgehead atoms. The van der Waals surface area contributed by atoms with E-state index in [-0.39, 0.29) is 16.9 Å². The van der Waals surface area contributed by atoms with Crippen LogP contribution in [-0.4, -0.2) is 35.3 Å². The number of hydrogen-bond acceptors (Lipinski definition) is 5. The second-order valence-corrected chi connectivity index (χ2v) is 9.66. The Morgan fingerprint density at radius 3 is 2.68 bits per heavy atom. The number of benzene rings is 1. The minimum Gasteiger partial charge on any atom is -0.381 e. The lowest BCUT2D eigenvalue weighted by Gasteiger charge is -2.26. The highest BCUT2D eigenvalue weighted by molar-refractivity contribution is 7.85. The topological polar surface area (TPSA) is 81.8 Å². The van der Waals surface area contributed by atoms with Gasteiger partial charge in [0, 0.05) is 41.2 Å². The Morgan fingerprint density at radius 2 is 2.00 bits per heavy atom. The maximum Gasteiger partial charge on any atom is 0.259 e. The van der Waals surface area contributed by atoms with E-state index in [1.54, 1.807) is 24.1 Å². The lowest BCUT2D eigenvalue weighted by Crippen LogP contribution is -2.30. The number of allylic oxidation sites excluding steroid dienone is 3. The number of rotatable bonds is 5. The molecule has 0 amide bonds. The Bertz CT molecular complexity index is 1300. The van der Waals surface area contributed by atoms with Gasteiger partial charge in [-0.2, -0.15) is 10.2 Å². The molecule has 8 heteroatoms. The van der Waals surface area contributed by atoms with Gasteiger partial charge in [-0.1, -0.05) is 18.2 Å². The lowest BCUT2D eigenvalue weighted by molar-refractivity contribution is 0.622. The molecule has 2 unspecified atom stereocenters. The quantitative estimate of drug-likeness (QED) is 0.664. The molecular weight excluding hydrogens is 410 g/mol. The molecule has 1 N–H and O–H groups in total. The van der Waals surface area contributed by atoms with Crippen LogP contribution in [0.1, 0.15) is 36.2 Å². The largest absolute Gasteiger partial charge is 0.381 e. The van der Waals surface area contributed by atoms with E-state index >= 15 is 0 Å². The number of hydrogen-bond donors (Lipinski definition) is 1. The fourth-order valence-corrected chi connectivity index (χ4v) is 4.95. The van der Waals surface area contributed by atoms with E-state index in [4.69, 9.17) is 0 Å². The molecule has 0 aliphatic heterocycles. The van der Waals surface area contributed by atoms with Crippen LogP contribution < -0.4 is 10.9 Å². The number of nitrogens with zero attached hydrogens (tertiary/aromatic N) is 4. The second kappa shape index (κ2) is 8.26. The third kappa shape index (κ3) is 3.99. The SMILES string of the molecule is Cc1cc([C@@H](C)NC2=CC=CCC2S(C)=O)c2cc(-n3ncc(C)n3)n(C)c(=O)c2c1. The van der Waals surface area contributed by atoms with E-state index in [0.29, 0.717) is 11.2 Å². The highest BCUT2D eigenvalue weighted by Crippen LogP contribution is 2.28. The molecule has 7 nitrogen and oxygen atoms in total. The van der Waals surface area contributed by atoms with Gasteiger partial charge < -0.3 is 5.32 Å². The van der Waals surface area contributed by atoms with Crippen LogP contribution in [0.2, 0.25) is 0 Å². The predicted molar refractivity (Wildman–Crippen MR) is 125 cm³/mol. The first-order chi connectivity index (χ1) is 14.8. The molecule has 1 aliphatic rings. The van der Waals surface area contributed by atoms with E-state index in [9.17, 15) is 9.00 Å². The average Bonchev–Trinajstić information content (AvgIpc) is 3.16. The zero-order valence-corrected chi connectivity index (χ0v) is 19.2. The molecule has 4 rings (SSSR count). The summed E-state index contributed by atoms with van der Waals surface area (Å²) in [4.78, 5) is 14.7. The van der Waals surface area contributed by atoms with Gasteiger partial charge in [-0.05, 0) is 61.9 Å². The van der Waals surface area contributed by atoms with Crippen LogP contribution in [0.15, 0.2) is 53.1 Å². The van der Waals surface area contributed by atoms with Gasteiger partial charge in [0.2, 0.25) is 0 Å². The summed E-state index contributed by atoms with van der Waals surface area (Å²) in [5.74, 6) is 0.607. The molecule has 0 spiro atoms. The van der Waals surface area contributed by atoms with E-state index in [0.717, 1.165) is 34.3 Å². The van der Waals surface area contributed by atoms with Gasteiger partial charge in [-0.25, -0.2) is 0 Å². The first kappa shape index (κ1) is 21.2. The zero-order chi connectivity index (χ0) is 22.3. The molecule has 0 radical (unpaired) electrons. The molecule has 3 atom stereocenters. The average molecular weight is 438 g/mol. The summed E-state index contributed by atoms with van der Waals surface area (Å²) in [7, 11) is 0.761. The minimum absolute atomic E-state index is 0.0526. The predicted octanol–water partition coefficient (Wildman–Crippen LogP) is 2.98. The van der Waals surface area contributed by atoms with Crippen LogP contribution in [0.25, 0.3) is 16.6 Å². The van der Waals surface area contributed by atoms with E-state index in [1.165, 1.54) is 4.80 Å². The summed E-state index contributed by atoms with van der Waals surface area (Å²) in [6.07, 6.45) is 10.2. The highest BCUT2D eigenvalue weighted by atomic mass is 32.2. The first-order valence-corrected chi connectivity index (χ1v) is 11.9. The van der Waals surface area contributed by atoms with Crippen LogP contribution >= 0.6 is 0 Å². The number of pyridine rings is 1. The molecule has 0 fully saturated rings. The molecule has 31 heavy (non-hydrogen) atoms. The van der Waals surface area contributed by atoms with Crippen molar-refractivity contribution in [3.05, 3.63) is 75.5 Å². The van der Waals surface area contributed by atoms with E-state index in [2.05, 4.69) is 28.5 Å². The van der Waals surface area contributed by atoms with Gasteiger partial charge in [0.1, 0.15) is 0 Å². The molecule has 1 aliphatic carbocycles. The highest BCUT2D eigenvalue weighted by Gasteiger charge is 2.22. The second-order valence-electron chi connectivity index (χ2n) is 8.10. The van der Waals surface area contributed by atoms with Gasteiger partial charge in [0.05, 0.1) is 17.1 Å². The number of nitrogens with one attached hydrogen (secondary N) is 1. The van der Waals surface area contributed by atoms with Crippen LogP contribution in [0.3, 0.4) is 0 Å². The molecule has 1 aromatic carbocycles. The number of aryl methyl sites for hydroxylation is 2. The van der Waals surface area contributed by atoms with Crippen molar-refractivity contribution in [3.8, 4) is 5.82 Å². The van der Waals surface area contributed by atoms with Crippen molar-refractivity contribution in [1.82, 2.24) is 24.9 Å². The number of fused-ring (bicyclic) bond motifs is 1. The van der Waals surface area contributed by atoms with Gasteiger partial charge in [-0.15, -0.1) is 4.80 Å². The summed E-state index contributed by atoms with van der Waals surface area (Å²) in [6.45, 7) is 5.92. The summed E-state index contributed by atoms with van der Waals surface area (Å²) in [5.41, 5.74) is 3.67. The van der Waals surface area contributed by atoms with Crippen LogP contribution in [0, 0.1) is 13.8 Å². The Labute approximate surface area is 183 Å². The standard InChI is InChI=1S/C23H27N5O2S/c1-14-10-17(16(3)25-20-8-6-7-9-21(20)31(5)30)18-12-22(28-24-13-15(2)26-28)27(4)23(29)19(18)11-14/h6-8,10-13,16,21,25H,9H2,1-5H3/t16-,21?,31?/m1/s1. The van der Waals surface area contributed by atoms with Gasteiger partial charge in [0.15, 0.2) is 5.82 Å². The molecular formula is C23H27N5O2S. The molecule has 0 saturated heterocycles. The summed E-state index contributed by atoms with van der Waals surface area (Å²) in [6, 6.07) is 5.90. The zero-order valence-electron chi connectivity index (χ0n) is 18.4. The monoisotopic (exact) mass is 437 g/mol. The van der Waals surface area contributed by atoms with Gasteiger partial charge >= 0.3 is 0 Å². The van der Waals surface area contributed by atoms with Crippen molar-refractivity contribution < 1.29 is 4.21 Å².